The standard InChI is InChI=1S/C22H36O4/c1-7-20(4,5)19(24)25-13-18(23)26-22(14(2)3)16-8-15-9-17(22)12-21(6,10-15)11-16/h14-17H,7-13H2,1-6H3. The van der Waals surface area contributed by atoms with E-state index in [1.165, 1.54) is 19.3 Å². The second-order valence-electron chi connectivity index (χ2n) is 10.5. The highest BCUT2D eigenvalue weighted by Crippen LogP contribution is 2.66. The van der Waals surface area contributed by atoms with Crippen molar-refractivity contribution in [3.63, 3.8) is 0 Å². The van der Waals surface area contributed by atoms with Crippen molar-refractivity contribution in [1.82, 2.24) is 0 Å². The number of carbonyl (C=O) groups is 2. The van der Waals surface area contributed by atoms with Crippen molar-refractivity contribution in [2.75, 3.05) is 6.61 Å². The fourth-order valence-corrected chi connectivity index (χ4v) is 6.31. The van der Waals surface area contributed by atoms with E-state index in [1.807, 2.05) is 20.8 Å². The Balaban J connectivity index is 1.70. The van der Waals surface area contributed by atoms with Crippen molar-refractivity contribution in [1.29, 1.82) is 0 Å². The van der Waals surface area contributed by atoms with Gasteiger partial charge in [-0.25, -0.2) is 4.79 Å². The predicted molar refractivity (Wildman–Crippen MR) is 100 cm³/mol. The Hall–Kier alpha value is -1.06. The first kappa shape index (κ1) is 19.7. The Bertz CT molecular complexity index is 561. The summed E-state index contributed by atoms with van der Waals surface area (Å²) in [6.07, 6.45) is 6.70. The highest BCUT2D eigenvalue weighted by molar-refractivity contribution is 5.80. The molecule has 4 bridgehead atoms. The number of hydrogen-bond donors (Lipinski definition) is 0. The molecule has 0 aromatic rings. The van der Waals surface area contributed by atoms with Gasteiger partial charge in [0, 0.05) is 11.8 Å². The third-order valence-corrected chi connectivity index (χ3v) is 7.72. The molecule has 4 rings (SSSR count). The van der Waals surface area contributed by atoms with Gasteiger partial charge in [-0.05, 0) is 69.6 Å². The first-order valence-corrected chi connectivity index (χ1v) is 10.4. The van der Waals surface area contributed by atoms with Crippen LogP contribution in [0.1, 0.15) is 80.1 Å². The molecular weight excluding hydrogens is 328 g/mol. The Morgan fingerprint density at radius 1 is 1.12 bits per heavy atom. The molecule has 4 aliphatic carbocycles. The Morgan fingerprint density at radius 2 is 1.69 bits per heavy atom. The van der Waals surface area contributed by atoms with Crippen LogP contribution >= 0.6 is 0 Å². The predicted octanol–water partition coefficient (Wildman–Crippen LogP) is 4.75. The lowest BCUT2D eigenvalue weighted by Gasteiger charge is -2.65. The van der Waals surface area contributed by atoms with Gasteiger partial charge in [0.15, 0.2) is 6.61 Å². The maximum absolute atomic E-state index is 12.6. The van der Waals surface area contributed by atoms with Gasteiger partial charge in [-0.2, -0.15) is 0 Å². The summed E-state index contributed by atoms with van der Waals surface area (Å²) in [5, 5.41) is 0. The number of carbonyl (C=O) groups excluding carboxylic acids is 2. The van der Waals surface area contributed by atoms with E-state index < -0.39 is 5.41 Å². The number of ether oxygens (including phenoxy) is 2. The van der Waals surface area contributed by atoms with E-state index in [1.54, 1.807) is 0 Å². The normalized spacial score (nSPS) is 38.5. The molecule has 0 spiro atoms. The van der Waals surface area contributed by atoms with E-state index >= 15 is 0 Å². The first-order valence-electron chi connectivity index (χ1n) is 10.4. The largest absolute Gasteiger partial charge is 0.456 e. The number of esters is 2. The van der Waals surface area contributed by atoms with Crippen LogP contribution in [-0.2, 0) is 19.1 Å². The molecule has 0 aromatic heterocycles. The average Bonchev–Trinajstić information content (AvgIpc) is 2.54. The summed E-state index contributed by atoms with van der Waals surface area (Å²) in [5.74, 6) is 1.28. The molecule has 26 heavy (non-hydrogen) atoms. The fraction of sp³-hybridized carbons (Fsp3) is 0.909. The van der Waals surface area contributed by atoms with Crippen LogP contribution in [0.2, 0.25) is 0 Å². The second kappa shape index (κ2) is 6.53. The smallest absolute Gasteiger partial charge is 0.344 e. The molecule has 0 radical (unpaired) electrons. The molecule has 2 unspecified atom stereocenters. The lowest BCUT2D eigenvalue weighted by atomic mass is 9.43. The van der Waals surface area contributed by atoms with Gasteiger partial charge < -0.3 is 9.47 Å². The lowest BCUT2D eigenvalue weighted by molar-refractivity contribution is -0.240. The molecule has 0 saturated heterocycles. The maximum atomic E-state index is 12.6. The lowest BCUT2D eigenvalue weighted by Crippen LogP contribution is -2.64. The first-order chi connectivity index (χ1) is 12.0. The van der Waals surface area contributed by atoms with Crippen molar-refractivity contribution >= 4 is 11.9 Å². The monoisotopic (exact) mass is 364 g/mol. The minimum Gasteiger partial charge on any atom is -0.456 e. The van der Waals surface area contributed by atoms with Gasteiger partial charge in [-0.1, -0.05) is 27.7 Å². The van der Waals surface area contributed by atoms with Crippen LogP contribution in [0.15, 0.2) is 0 Å². The van der Waals surface area contributed by atoms with Crippen LogP contribution in [0.5, 0.6) is 0 Å². The van der Waals surface area contributed by atoms with E-state index in [0.29, 0.717) is 23.7 Å². The summed E-state index contributed by atoms with van der Waals surface area (Å²) in [4.78, 5) is 24.8. The van der Waals surface area contributed by atoms with Crippen LogP contribution in [0.3, 0.4) is 0 Å². The zero-order valence-electron chi connectivity index (χ0n) is 17.4. The summed E-state index contributed by atoms with van der Waals surface area (Å²) in [6, 6.07) is 0. The minimum absolute atomic E-state index is 0.267. The zero-order chi connectivity index (χ0) is 19.3. The van der Waals surface area contributed by atoms with E-state index in [0.717, 1.165) is 18.8 Å². The molecule has 0 N–H and O–H groups in total. The van der Waals surface area contributed by atoms with Gasteiger partial charge in [0.1, 0.15) is 5.60 Å². The molecule has 4 saturated carbocycles. The molecule has 0 amide bonds. The van der Waals surface area contributed by atoms with Gasteiger partial charge in [-0.15, -0.1) is 0 Å². The van der Waals surface area contributed by atoms with Crippen molar-refractivity contribution in [3.05, 3.63) is 0 Å². The summed E-state index contributed by atoms with van der Waals surface area (Å²) < 4.78 is 11.5. The summed E-state index contributed by atoms with van der Waals surface area (Å²) in [6.45, 7) is 12.1. The van der Waals surface area contributed by atoms with Crippen LogP contribution in [0, 0.1) is 34.5 Å². The maximum Gasteiger partial charge on any atom is 0.344 e. The summed E-state index contributed by atoms with van der Waals surface area (Å²) in [5.41, 5.74) is -0.508. The highest BCUT2D eigenvalue weighted by Gasteiger charge is 2.63. The van der Waals surface area contributed by atoms with Gasteiger partial charge in [0.2, 0.25) is 0 Å². The third kappa shape index (κ3) is 3.18. The molecule has 4 fully saturated rings. The van der Waals surface area contributed by atoms with Crippen molar-refractivity contribution in [2.45, 2.75) is 85.7 Å². The van der Waals surface area contributed by atoms with E-state index in [2.05, 4.69) is 20.8 Å². The van der Waals surface area contributed by atoms with E-state index in [4.69, 9.17) is 9.47 Å². The Kier molecular flexibility index (Phi) is 4.94. The van der Waals surface area contributed by atoms with Crippen LogP contribution in [0.4, 0.5) is 0 Å². The third-order valence-electron chi connectivity index (χ3n) is 7.72. The van der Waals surface area contributed by atoms with Gasteiger partial charge in [0.25, 0.3) is 0 Å². The topological polar surface area (TPSA) is 52.6 Å². The average molecular weight is 365 g/mol. The Morgan fingerprint density at radius 3 is 2.15 bits per heavy atom. The SMILES string of the molecule is CCC(C)(C)C(=O)OCC(=O)OC1(C(C)C)C2CC3CC1CC(C)(C3)C2. The van der Waals surface area contributed by atoms with E-state index in [-0.39, 0.29) is 30.1 Å². The molecule has 0 aromatic carbocycles. The molecule has 4 heteroatoms. The van der Waals surface area contributed by atoms with Crippen LogP contribution in [0.25, 0.3) is 0 Å². The molecule has 4 nitrogen and oxygen atoms in total. The molecular formula is C22H36O4. The number of rotatable bonds is 6. The number of hydrogen-bond acceptors (Lipinski definition) is 4. The van der Waals surface area contributed by atoms with Crippen molar-refractivity contribution in [3.8, 4) is 0 Å². The molecule has 4 aliphatic rings. The van der Waals surface area contributed by atoms with Gasteiger partial charge in [-0.3, -0.25) is 4.79 Å². The Labute approximate surface area is 158 Å². The molecule has 148 valence electrons. The van der Waals surface area contributed by atoms with Crippen LogP contribution < -0.4 is 0 Å². The van der Waals surface area contributed by atoms with Crippen molar-refractivity contribution < 1.29 is 19.1 Å². The minimum atomic E-state index is -0.562. The second-order valence-corrected chi connectivity index (χ2v) is 10.5. The molecule has 0 aliphatic heterocycles. The fourth-order valence-electron chi connectivity index (χ4n) is 6.31. The zero-order valence-corrected chi connectivity index (χ0v) is 17.4. The van der Waals surface area contributed by atoms with E-state index in [9.17, 15) is 9.59 Å². The van der Waals surface area contributed by atoms with Gasteiger partial charge in [0.05, 0.1) is 5.41 Å². The summed E-state index contributed by atoms with van der Waals surface area (Å²) in [7, 11) is 0. The highest BCUT2D eigenvalue weighted by atomic mass is 16.6. The van der Waals surface area contributed by atoms with Crippen LogP contribution in [-0.4, -0.2) is 24.1 Å². The quantitative estimate of drug-likeness (QED) is 0.638. The molecule has 2 atom stereocenters. The van der Waals surface area contributed by atoms with Crippen molar-refractivity contribution in [2.24, 2.45) is 34.5 Å². The molecule has 0 heterocycles. The summed E-state index contributed by atoms with van der Waals surface area (Å²) >= 11 is 0. The van der Waals surface area contributed by atoms with Gasteiger partial charge >= 0.3 is 11.9 Å².